The van der Waals surface area contributed by atoms with Gasteiger partial charge in [-0.15, -0.1) is 0 Å². The normalized spacial score (nSPS) is 32.1. The van der Waals surface area contributed by atoms with Crippen LogP contribution in [0.4, 0.5) is 4.39 Å². The summed E-state index contributed by atoms with van der Waals surface area (Å²) in [6.07, 6.45) is 7.23. The van der Waals surface area contributed by atoms with E-state index in [2.05, 4.69) is 17.0 Å². The lowest BCUT2D eigenvalue weighted by atomic mass is 9.88. The van der Waals surface area contributed by atoms with Gasteiger partial charge in [0.2, 0.25) is 27.7 Å². The fourth-order valence-corrected chi connectivity index (χ4v) is 8.80. The lowest BCUT2D eigenvalue weighted by Crippen LogP contribution is -2.57. The van der Waals surface area contributed by atoms with E-state index in [1.54, 1.807) is 0 Å². The van der Waals surface area contributed by atoms with Crippen LogP contribution < -0.4 is 19.5 Å². The van der Waals surface area contributed by atoms with Crippen molar-refractivity contribution in [2.45, 2.75) is 94.1 Å². The Balaban J connectivity index is 1.18. The lowest BCUT2D eigenvalue weighted by Gasteiger charge is -2.29. The number of fused-ring (bicyclic) bond motifs is 5. The molecule has 0 unspecified atom stereocenters. The molecule has 0 bridgehead atoms. The third-order valence-electron chi connectivity index (χ3n) is 11.1. The molecule has 3 fully saturated rings. The minimum Gasteiger partial charge on any atom is -0.491 e. The predicted octanol–water partition coefficient (Wildman–Crippen LogP) is 3.74. The van der Waals surface area contributed by atoms with Gasteiger partial charge < -0.3 is 19.7 Å². The number of sulfonamides is 1. The van der Waals surface area contributed by atoms with Crippen LogP contribution in [0.5, 0.6) is 11.6 Å². The summed E-state index contributed by atoms with van der Waals surface area (Å²) in [5.41, 5.74) is -0.722. The molecule has 258 valence electrons. The zero-order valence-corrected chi connectivity index (χ0v) is 28.2. The average molecular weight is 683 g/mol. The number of amides is 3. The van der Waals surface area contributed by atoms with Crippen molar-refractivity contribution in [3.8, 4) is 11.6 Å². The second-order valence-electron chi connectivity index (χ2n) is 14.4. The van der Waals surface area contributed by atoms with Crippen molar-refractivity contribution < 1.29 is 36.7 Å². The smallest absolute Gasteiger partial charge is 0.259 e. The minimum absolute atomic E-state index is 0.0741. The number of rotatable bonds is 6. The Labute approximate surface area is 280 Å². The van der Waals surface area contributed by atoms with E-state index in [1.165, 1.54) is 4.90 Å². The van der Waals surface area contributed by atoms with Crippen molar-refractivity contribution >= 4 is 38.5 Å². The van der Waals surface area contributed by atoms with Crippen molar-refractivity contribution in [3.63, 3.8) is 0 Å². The summed E-state index contributed by atoms with van der Waals surface area (Å²) in [6.45, 7) is 3.83. The molecule has 6 atom stereocenters. The van der Waals surface area contributed by atoms with Crippen LogP contribution in [0.3, 0.4) is 0 Å². The molecule has 3 amide bonds. The van der Waals surface area contributed by atoms with Crippen LogP contribution in [-0.2, 0) is 30.8 Å². The van der Waals surface area contributed by atoms with Gasteiger partial charge in [0.1, 0.15) is 34.9 Å². The highest BCUT2D eigenvalue weighted by Crippen LogP contribution is 2.48. The van der Waals surface area contributed by atoms with Crippen LogP contribution in [0.1, 0.15) is 70.9 Å². The van der Waals surface area contributed by atoms with Gasteiger partial charge in [-0.05, 0) is 62.8 Å². The highest BCUT2D eigenvalue weighted by atomic mass is 32.2. The van der Waals surface area contributed by atoms with Crippen molar-refractivity contribution in [3.05, 3.63) is 42.1 Å². The number of hydrogen-bond acceptors (Lipinski definition) is 8. The summed E-state index contributed by atoms with van der Waals surface area (Å²) in [4.78, 5) is 48.0. The second-order valence-corrected chi connectivity index (χ2v) is 16.5. The fourth-order valence-electron chi connectivity index (χ4n) is 7.37. The van der Waals surface area contributed by atoms with Gasteiger partial charge in [0.15, 0.2) is 0 Å². The van der Waals surface area contributed by atoms with Gasteiger partial charge in [0.05, 0.1) is 18.8 Å². The van der Waals surface area contributed by atoms with Gasteiger partial charge in [-0.2, -0.15) is 0 Å². The van der Waals surface area contributed by atoms with E-state index in [1.807, 2.05) is 43.3 Å². The first-order valence-corrected chi connectivity index (χ1v) is 18.6. The minimum atomic E-state index is -4.30. The molecule has 4 heterocycles. The number of aryl methyl sites for hydroxylation is 1. The third kappa shape index (κ3) is 5.81. The average Bonchev–Trinajstić information content (AvgIpc) is 3.97. The van der Waals surface area contributed by atoms with Crippen molar-refractivity contribution in [2.75, 3.05) is 19.8 Å². The molecule has 0 radical (unpaired) electrons. The summed E-state index contributed by atoms with van der Waals surface area (Å²) in [5.74, 6) is -0.599. The summed E-state index contributed by atoms with van der Waals surface area (Å²) in [7, 11) is -4.30. The van der Waals surface area contributed by atoms with Gasteiger partial charge in [-0.1, -0.05) is 44.2 Å². The molecule has 0 spiro atoms. The first-order valence-electron chi connectivity index (χ1n) is 17.1. The number of allylic oxidation sites excluding steroid dienone is 1. The predicted molar refractivity (Wildman–Crippen MR) is 175 cm³/mol. The standard InChI is InChI=1S/C35H43FN4O7S/c1-21-8-3-4-9-23-18-35(23,33(43)39-48(44,45)34(20-36)13-14-34)38-31(42)28-17-24(19-40(28)29(41)16-22(21)2)47-32-26-11-6-5-10-25(26)30-27(37-32)12-7-15-46-30/h4-6,9-11,21-24,28H,3,7-8,12-20H2,1-2H3,(H,38,42)(H,39,43)/b9-4-/t21-,22-,23+,24+,28-,35+/m0/s1. The van der Waals surface area contributed by atoms with Crippen molar-refractivity contribution in [1.82, 2.24) is 19.9 Å². The van der Waals surface area contributed by atoms with Gasteiger partial charge >= 0.3 is 0 Å². The Morgan fingerprint density at radius 3 is 2.71 bits per heavy atom. The van der Waals surface area contributed by atoms with Crippen LogP contribution in [0, 0.1) is 17.8 Å². The number of carbonyl (C=O) groups is 3. The molecule has 1 aromatic heterocycles. The van der Waals surface area contributed by atoms with E-state index < -0.39 is 56.9 Å². The molecule has 11 nitrogen and oxygen atoms in total. The number of alkyl halides is 1. The lowest BCUT2D eigenvalue weighted by molar-refractivity contribution is -0.140. The largest absolute Gasteiger partial charge is 0.491 e. The Bertz CT molecular complexity index is 1780. The molecule has 2 saturated carbocycles. The first-order chi connectivity index (χ1) is 23.0. The van der Waals surface area contributed by atoms with E-state index in [-0.39, 0.29) is 56.4 Å². The van der Waals surface area contributed by atoms with E-state index in [4.69, 9.17) is 14.5 Å². The summed E-state index contributed by atoms with van der Waals surface area (Å²) in [5, 5.41) is 4.52. The zero-order valence-electron chi connectivity index (χ0n) is 27.4. The monoisotopic (exact) mass is 682 g/mol. The number of carbonyl (C=O) groups excluding carboxylic acids is 3. The molecular weight excluding hydrogens is 639 g/mol. The highest BCUT2D eigenvalue weighted by Gasteiger charge is 2.64. The number of benzene rings is 1. The molecule has 7 rings (SSSR count). The summed E-state index contributed by atoms with van der Waals surface area (Å²) < 4.78 is 52.7. The SMILES string of the molecule is C[C@H]1CC/C=C\[C@@H]2C[C@@]2(C(=O)NS(=O)(=O)C2(CF)CC2)NC(=O)[C@@H]2C[C@@H](Oc3nc4c(c5ccccc35)OCCC4)CN2C(=O)C[C@@H]1C. The van der Waals surface area contributed by atoms with Crippen LogP contribution in [0.2, 0.25) is 0 Å². The van der Waals surface area contributed by atoms with Crippen LogP contribution in [0.25, 0.3) is 10.8 Å². The van der Waals surface area contributed by atoms with E-state index in [0.717, 1.165) is 41.5 Å². The number of hydrogen-bond donors (Lipinski definition) is 2. The molecular formula is C35H43FN4O7S. The first kappa shape index (κ1) is 32.8. The number of nitrogens with one attached hydrogen (secondary N) is 2. The van der Waals surface area contributed by atoms with Gasteiger partial charge in [0.25, 0.3) is 5.91 Å². The number of nitrogens with zero attached hydrogens (tertiary/aromatic N) is 2. The fraction of sp³-hybridized carbons (Fsp3) is 0.600. The zero-order chi connectivity index (χ0) is 33.8. The van der Waals surface area contributed by atoms with Gasteiger partial charge in [0, 0.05) is 29.5 Å². The molecule has 2 aromatic rings. The topological polar surface area (TPSA) is 144 Å². The van der Waals surface area contributed by atoms with E-state index >= 15 is 0 Å². The summed E-state index contributed by atoms with van der Waals surface area (Å²) in [6, 6.07) is 6.75. The Morgan fingerprint density at radius 1 is 1.19 bits per heavy atom. The van der Waals surface area contributed by atoms with Gasteiger partial charge in [-0.3, -0.25) is 19.1 Å². The third-order valence-corrected chi connectivity index (χ3v) is 13.2. The van der Waals surface area contributed by atoms with Crippen LogP contribution in [0.15, 0.2) is 36.4 Å². The second kappa shape index (κ2) is 12.3. The Morgan fingerprint density at radius 2 is 1.96 bits per heavy atom. The summed E-state index contributed by atoms with van der Waals surface area (Å²) >= 11 is 0. The maximum absolute atomic E-state index is 14.1. The van der Waals surface area contributed by atoms with Gasteiger partial charge in [-0.25, -0.2) is 17.8 Å². The van der Waals surface area contributed by atoms with Crippen LogP contribution >= 0.6 is 0 Å². The van der Waals surface area contributed by atoms with E-state index in [0.29, 0.717) is 18.9 Å². The molecule has 1 saturated heterocycles. The maximum Gasteiger partial charge on any atom is 0.259 e. The number of aromatic nitrogens is 1. The number of pyridine rings is 1. The Hall–Kier alpha value is -3.74. The van der Waals surface area contributed by atoms with Crippen molar-refractivity contribution in [2.24, 2.45) is 17.8 Å². The molecule has 3 aliphatic heterocycles. The van der Waals surface area contributed by atoms with Crippen molar-refractivity contribution in [1.29, 1.82) is 0 Å². The molecule has 1 aromatic carbocycles. The molecule has 5 aliphatic rings. The maximum atomic E-state index is 14.1. The van der Waals surface area contributed by atoms with E-state index in [9.17, 15) is 27.2 Å². The number of halogens is 1. The molecule has 2 N–H and O–H groups in total. The Kier molecular flexibility index (Phi) is 8.40. The number of ether oxygens (including phenoxy) is 2. The van der Waals surface area contributed by atoms with Crippen LogP contribution in [-0.4, -0.2) is 78.3 Å². The molecule has 2 aliphatic carbocycles. The molecule has 48 heavy (non-hydrogen) atoms. The molecule has 13 heteroatoms. The quantitative estimate of drug-likeness (QED) is 0.439. The highest BCUT2D eigenvalue weighted by molar-refractivity contribution is 7.91.